The highest BCUT2D eigenvalue weighted by atomic mass is 79.9. The molecular formula is C14H10BrN3O. The van der Waals surface area contributed by atoms with Crippen LogP contribution in [-0.2, 0) is 0 Å². The zero-order valence-electron chi connectivity index (χ0n) is 9.95. The van der Waals surface area contributed by atoms with Crippen molar-refractivity contribution in [2.75, 3.05) is 0 Å². The van der Waals surface area contributed by atoms with Crippen molar-refractivity contribution < 1.29 is 4.84 Å². The van der Waals surface area contributed by atoms with Gasteiger partial charge in [-0.3, -0.25) is 0 Å². The summed E-state index contributed by atoms with van der Waals surface area (Å²) in [6, 6.07) is 15.3. The van der Waals surface area contributed by atoms with Crippen LogP contribution in [0.4, 0.5) is 0 Å². The van der Waals surface area contributed by atoms with E-state index in [2.05, 4.69) is 32.8 Å². The van der Waals surface area contributed by atoms with Crippen LogP contribution in [0.25, 0.3) is 16.8 Å². The predicted octanol–water partition coefficient (Wildman–Crippen LogP) is 3.29. The Morgan fingerprint density at radius 3 is 2.68 bits per heavy atom. The van der Waals surface area contributed by atoms with Crippen molar-refractivity contribution in [1.82, 2.24) is 15.2 Å². The lowest BCUT2D eigenvalue weighted by molar-refractivity contribution is 0.204. The van der Waals surface area contributed by atoms with Crippen LogP contribution in [0, 0.1) is 0 Å². The van der Waals surface area contributed by atoms with Gasteiger partial charge in [0.1, 0.15) is 11.0 Å². The Hall–Kier alpha value is -2.14. The summed E-state index contributed by atoms with van der Waals surface area (Å²) in [5, 5.41) is 7.98. The van der Waals surface area contributed by atoms with E-state index in [0.29, 0.717) is 5.76 Å². The van der Waals surface area contributed by atoms with Gasteiger partial charge in [-0.1, -0.05) is 57.7 Å². The molecule has 94 valence electrons. The fraction of sp³-hybridized carbons (Fsp3) is 0. The summed E-state index contributed by atoms with van der Waals surface area (Å²) in [7, 11) is 0. The van der Waals surface area contributed by atoms with Gasteiger partial charge in [-0.25, -0.2) is 0 Å². The van der Waals surface area contributed by atoms with Crippen molar-refractivity contribution in [3.63, 3.8) is 0 Å². The van der Waals surface area contributed by atoms with Crippen molar-refractivity contribution in [3.8, 4) is 0 Å². The van der Waals surface area contributed by atoms with Crippen LogP contribution in [0.1, 0.15) is 5.56 Å². The third-order valence-electron chi connectivity index (χ3n) is 2.69. The summed E-state index contributed by atoms with van der Waals surface area (Å²) >= 11 is 3.46. The number of nitrogens with zero attached hydrogens (tertiary/aromatic N) is 3. The largest absolute Gasteiger partial charge is 0.356 e. The molecule has 0 aliphatic rings. The Bertz CT molecular complexity index is 751. The lowest BCUT2D eigenvalue weighted by Crippen LogP contribution is -2.11. The van der Waals surface area contributed by atoms with Crippen molar-refractivity contribution in [1.29, 1.82) is 0 Å². The zero-order chi connectivity index (χ0) is 13.2. The Morgan fingerprint density at radius 2 is 1.84 bits per heavy atom. The van der Waals surface area contributed by atoms with Crippen LogP contribution in [0.15, 0.2) is 59.6 Å². The molecule has 4 nitrogen and oxygen atoms in total. The number of fused-ring (bicyclic) bond motifs is 1. The first-order chi connectivity index (χ1) is 9.25. The third-order valence-corrected chi connectivity index (χ3v) is 3.38. The first-order valence-corrected chi connectivity index (χ1v) is 6.47. The van der Waals surface area contributed by atoms with Gasteiger partial charge in [-0.2, -0.15) is 0 Å². The molecule has 1 heterocycles. The number of rotatable bonds is 3. The number of benzene rings is 2. The van der Waals surface area contributed by atoms with E-state index in [0.717, 1.165) is 21.1 Å². The maximum Gasteiger partial charge on any atom is 0.159 e. The predicted molar refractivity (Wildman–Crippen MR) is 77.3 cm³/mol. The average molecular weight is 316 g/mol. The van der Waals surface area contributed by atoms with E-state index in [1.54, 1.807) is 0 Å². The van der Waals surface area contributed by atoms with Gasteiger partial charge in [0.25, 0.3) is 0 Å². The Balaban J connectivity index is 1.94. The topological polar surface area (TPSA) is 39.9 Å². The molecule has 19 heavy (non-hydrogen) atoms. The molecule has 5 heteroatoms. The molecule has 0 saturated carbocycles. The van der Waals surface area contributed by atoms with Crippen LogP contribution < -0.4 is 4.84 Å². The van der Waals surface area contributed by atoms with Crippen LogP contribution >= 0.6 is 15.9 Å². The molecule has 3 aromatic rings. The van der Waals surface area contributed by atoms with E-state index in [9.17, 15) is 0 Å². The van der Waals surface area contributed by atoms with Gasteiger partial charge in [-0.05, 0) is 23.4 Å². The minimum Gasteiger partial charge on any atom is -0.356 e. The fourth-order valence-electron chi connectivity index (χ4n) is 1.76. The van der Waals surface area contributed by atoms with E-state index < -0.39 is 0 Å². The van der Waals surface area contributed by atoms with E-state index in [4.69, 9.17) is 4.84 Å². The van der Waals surface area contributed by atoms with Crippen molar-refractivity contribution in [2.45, 2.75) is 0 Å². The first-order valence-electron chi connectivity index (χ1n) is 5.68. The molecule has 0 radical (unpaired) electrons. The van der Waals surface area contributed by atoms with Gasteiger partial charge in [0.15, 0.2) is 5.76 Å². The Labute approximate surface area is 118 Å². The Kier molecular flexibility index (Phi) is 3.05. The molecule has 0 unspecified atom stereocenters. The van der Waals surface area contributed by atoms with Crippen molar-refractivity contribution in [2.24, 2.45) is 0 Å². The minimum atomic E-state index is 0.503. The highest BCUT2D eigenvalue weighted by Gasteiger charge is 2.09. The summed E-state index contributed by atoms with van der Waals surface area (Å²) in [4.78, 5) is 7.03. The highest BCUT2D eigenvalue weighted by Crippen LogP contribution is 2.22. The maximum atomic E-state index is 5.65. The van der Waals surface area contributed by atoms with Gasteiger partial charge in [0.2, 0.25) is 0 Å². The maximum absolute atomic E-state index is 5.65. The lowest BCUT2D eigenvalue weighted by Gasteiger charge is -2.09. The standard InChI is InChI=1S/C14H10BrN3O/c1-10(11-6-2-3-7-12(11)15)19-18-14-9-5-4-8-13(14)16-17-18/h2-9H,1H2. The highest BCUT2D eigenvalue weighted by molar-refractivity contribution is 9.10. The Morgan fingerprint density at radius 1 is 1.11 bits per heavy atom. The first kappa shape index (κ1) is 11.9. The SMILES string of the molecule is C=C(On1nnc2ccccc21)c1ccccc1Br. The molecule has 1 aromatic heterocycles. The second-order valence-corrected chi connectivity index (χ2v) is 4.80. The summed E-state index contributed by atoms with van der Waals surface area (Å²) in [5.74, 6) is 0.503. The molecule has 0 amide bonds. The minimum absolute atomic E-state index is 0.503. The number of hydrogen-bond acceptors (Lipinski definition) is 3. The molecule has 0 bridgehead atoms. The quantitative estimate of drug-likeness (QED) is 0.696. The summed E-state index contributed by atoms with van der Waals surface area (Å²) < 4.78 is 0.921. The lowest BCUT2D eigenvalue weighted by atomic mass is 10.2. The number of halogens is 1. The van der Waals surface area contributed by atoms with E-state index >= 15 is 0 Å². The van der Waals surface area contributed by atoms with Gasteiger partial charge < -0.3 is 4.84 Å². The summed E-state index contributed by atoms with van der Waals surface area (Å²) in [6.07, 6.45) is 0. The molecule has 0 saturated heterocycles. The monoisotopic (exact) mass is 315 g/mol. The number of hydrogen-bond donors (Lipinski definition) is 0. The molecule has 0 atom stereocenters. The zero-order valence-corrected chi connectivity index (χ0v) is 11.5. The van der Waals surface area contributed by atoms with Gasteiger partial charge >= 0.3 is 0 Å². The van der Waals surface area contributed by atoms with Gasteiger partial charge in [0, 0.05) is 10.0 Å². The average Bonchev–Trinajstić information content (AvgIpc) is 2.83. The van der Waals surface area contributed by atoms with Crippen LogP contribution in [0.3, 0.4) is 0 Å². The van der Waals surface area contributed by atoms with Gasteiger partial charge in [-0.15, -0.1) is 5.10 Å². The summed E-state index contributed by atoms with van der Waals surface area (Å²) in [5.41, 5.74) is 2.46. The molecule has 0 spiro atoms. The second-order valence-electron chi connectivity index (χ2n) is 3.95. The smallest absolute Gasteiger partial charge is 0.159 e. The molecule has 0 aliphatic heterocycles. The molecule has 3 rings (SSSR count). The summed E-state index contributed by atoms with van der Waals surface area (Å²) in [6.45, 7) is 3.93. The fourth-order valence-corrected chi connectivity index (χ4v) is 2.26. The molecule has 0 N–H and O–H groups in total. The van der Waals surface area contributed by atoms with Crippen molar-refractivity contribution >= 4 is 32.7 Å². The van der Waals surface area contributed by atoms with E-state index in [-0.39, 0.29) is 0 Å². The normalized spacial score (nSPS) is 10.6. The van der Waals surface area contributed by atoms with Crippen LogP contribution in [-0.4, -0.2) is 15.2 Å². The third kappa shape index (κ3) is 2.24. The van der Waals surface area contributed by atoms with Gasteiger partial charge in [0.05, 0.1) is 0 Å². The van der Waals surface area contributed by atoms with Crippen LogP contribution in [0.5, 0.6) is 0 Å². The van der Waals surface area contributed by atoms with E-state index in [1.165, 1.54) is 4.85 Å². The molecule has 0 aliphatic carbocycles. The van der Waals surface area contributed by atoms with E-state index in [1.807, 2.05) is 48.5 Å². The second kappa shape index (κ2) is 4.85. The number of para-hydroxylation sites is 1. The molecule has 2 aromatic carbocycles. The number of aromatic nitrogens is 3. The molecular weight excluding hydrogens is 306 g/mol. The van der Waals surface area contributed by atoms with Crippen LogP contribution in [0.2, 0.25) is 0 Å². The molecule has 0 fully saturated rings. The van der Waals surface area contributed by atoms with Crippen molar-refractivity contribution in [3.05, 3.63) is 65.1 Å².